The van der Waals surface area contributed by atoms with Crippen molar-refractivity contribution in [2.45, 2.75) is 19.8 Å². The van der Waals surface area contributed by atoms with Gasteiger partial charge in [-0.25, -0.2) is 4.39 Å². The van der Waals surface area contributed by atoms with Crippen LogP contribution in [0.2, 0.25) is 0 Å². The molecule has 1 aliphatic rings. The third-order valence-electron chi connectivity index (χ3n) is 4.70. The van der Waals surface area contributed by atoms with Gasteiger partial charge < -0.3 is 10.2 Å². The van der Waals surface area contributed by atoms with Gasteiger partial charge in [0.25, 0.3) is 11.8 Å². The predicted octanol–water partition coefficient (Wildman–Crippen LogP) is 4.62. The van der Waals surface area contributed by atoms with E-state index >= 15 is 0 Å². The summed E-state index contributed by atoms with van der Waals surface area (Å²) >= 11 is 3.36. The highest BCUT2D eigenvalue weighted by atomic mass is 79.9. The van der Waals surface area contributed by atoms with Crippen molar-refractivity contribution in [1.82, 2.24) is 10.2 Å². The molecule has 0 bridgehead atoms. The van der Waals surface area contributed by atoms with Crippen LogP contribution in [0.3, 0.4) is 0 Å². The Morgan fingerprint density at radius 1 is 1.21 bits per heavy atom. The Morgan fingerprint density at radius 2 is 2.00 bits per heavy atom. The number of nitrogens with one attached hydrogen (secondary N) is 1. The molecular weight excluding hydrogens is 423 g/mol. The van der Waals surface area contributed by atoms with E-state index in [9.17, 15) is 14.0 Å². The average molecular weight is 445 g/mol. The highest BCUT2D eigenvalue weighted by Gasteiger charge is 2.25. The number of carbonyl (C=O) groups excluding carboxylic acids is 2. The summed E-state index contributed by atoms with van der Waals surface area (Å²) < 4.78 is 14.2. The predicted molar refractivity (Wildman–Crippen MR) is 111 cm³/mol. The molecule has 1 aliphatic heterocycles. The number of likely N-dealkylation sites (tertiary alicyclic amines) is 1. The lowest BCUT2D eigenvalue weighted by Gasteiger charge is -2.31. The summed E-state index contributed by atoms with van der Waals surface area (Å²) in [6.07, 6.45) is 3.54. The molecule has 1 N–H and O–H groups in total. The summed E-state index contributed by atoms with van der Waals surface area (Å²) in [6.45, 7) is 3.40. The second kappa shape index (κ2) is 9.15. The topological polar surface area (TPSA) is 49.4 Å². The van der Waals surface area contributed by atoms with Gasteiger partial charge in [0.2, 0.25) is 0 Å². The first kappa shape index (κ1) is 20.3. The van der Waals surface area contributed by atoms with Crippen LogP contribution in [0.5, 0.6) is 0 Å². The van der Waals surface area contributed by atoms with Crippen LogP contribution in [-0.4, -0.2) is 29.8 Å². The summed E-state index contributed by atoms with van der Waals surface area (Å²) in [5.74, 6) is -0.638. The maximum absolute atomic E-state index is 13.6. The summed E-state index contributed by atoms with van der Waals surface area (Å²) in [4.78, 5) is 27.6. The monoisotopic (exact) mass is 444 g/mol. The molecule has 146 valence electrons. The molecule has 1 saturated heterocycles. The fraction of sp³-hybridized carbons (Fsp3) is 0.273. The molecule has 4 nitrogen and oxygen atoms in total. The van der Waals surface area contributed by atoms with Gasteiger partial charge in [0.15, 0.2) is 0 Å². The van der Waals surface area contributed by atoms with Gasteiger partial charge in [-0.3, -0.25) is 9.59 Å². The first-order chi connectivity index (χ1) is 13.4. The van der Waals surface area contributed by atoms with Gasteiger partial charge in [-0.15, -0.1) is 0 Å². The van der Waals surface area contributed by atoms with Gasteiger partial charge in [-0.05, 0) is 70.6 Å². The maximum atomic E-state index is 13.6. The lowest BCUT2D eigenvalue weighted by molar-refractivity contribution is -0.129. The second-order valence-electron chi connectivity index (χ2n) is 7.05. The van der Waals surface area contributed by atoms with E-state index in [-0.39, 0.29) is 11.6 Å². The zero-order valence-corrected chi connectivity index (χ0v) is 17.2. The van der Waals surface area contributed by atoms with E-state index < -0.39 is 11.7 Å². The third-order valence-corrected chi connectivity index (χ3v) is 5.39. The summed E-state index contributed by atoms with van der Waals surface area (Å²) in [5.41, 5.74) is 1.08. The van der Waals surface area contributed by atoms with E-state index in [0.29, 0.717) is 34.6 Å². The Hall–Kier alpha value is -2.47. The molecule has 2 aromatic rings. The van der Waals surface area contributed by atoms with Crippen molar-refractivity contribution >= 4 is 33.8 Å². The number of benzene rings is 2. The zero-order valence-electron chi connectivity index (χ0n) is 15.6. The van der Waals surface area contributed by atoms with Gasteiger partial charge in [0.1, 0.15) is 11.5 Å². The number of nitrogens with zero attached hydrogens (tertiary/aromatic N) is 1. The van der Waals surface area contributed by atoms with E-state index in [1.165, 1.54) is 18.2 Å². The van der Waals surface area contributed by atoms with Crippen LogP contribution in [0.1, 0.15) is 35.7 Å². The third kappa shape index (κ3) is 5.07. The van der Waals surface area contributed by atoms with Crippen LogP contribution < -0.4 is 5.32 Å². The Morgan fingerprint density at radius 3 is 2.71 bits per heavy atom. The minimum atomic E-state index is -0.399. The average Bonchev–Trinajstić information content (AvgIpc) is 2.67. The van der Waals surface area contributed by atoms with Crippen LogP contribution in [0.25, 0.3) is 6.08 Å². The molecule has 2 aromatic carbocycles. The molecule has 1 atom stereocenters. The zero-order chi connectivity index (χ0) is 20.1. The van der Waals surface area contributed by atoms with Crippen molar-refractivity contribution in [3.8, 4) is 0 Å². The fourth-order valence-corrected chi connectivity index (χ4v) is 3.76. The highest BCUT2D eigenvalue weighted by Crippen LogP contribution is 2.20. The van der Waals surface area contributed by atoms with Gasteiger partial charge in [0.05, 0.1) is 5.56 Å². The summed E-state index contributed by atoms with van der Waals surface area (Å²) in [6, 6.07) is 12.9. The molecule has 1 heterocycles. The molecule has 1 fully saturated rings. The highest BCUT2D eigenvalue weighted by molar-refractivity contribution is 9.10. The van der Waals surface area contributed by atoms with Crippen molar-refractivity contribution < 1.29 is 14.0 Å². The first-order valence-electron chi connectivity index (χ1n) is 9.26. The molecule has 0 radical (unpaired) electrons. The van der Waals surface area contributed by atoms with E-state index in [1.54, 1.807) is 35.2 Å². The van der Waals surface area contributed by atoms with Crippen LogP contribution in [-0.2, 0) is 4.79 Å². The first-order valence-corrected chi connectivity index (χ1v) is 10.1. The van der Waals surface area contributed by atoms with Crippen LogP contribution in [0.15, 0.2) is 58.7 Å². The van der Waals surface area contributed by atoms with Crippen LogP contribution in [0.4, 0.5) is 4.39 Å². The van der Waals surface area contributed by atoms with Crippen molar-refractivity contribution in [3.05, 3.63) is 75.6 Å². The Balaban J connectivity index is 1.91. The molecule has 6 heteroatoms. The van der Waals surface area contributed by atoms with Gasteiger partial charge in [-0.2, -0.15) is 0 Å². The summed E-state index contributed by atoms with van der Waals surface area (Å²) in [5, 5.41) is 2.73. The van der Waals surface area contributed by atoms with Crippen molar-refractivity contribution in [1.29, 1.82) is 0 Å². The smallest absolute Gasteiger partial charge is 0.270 e. The number of hydrogen-bond donors (Lipinski definition) is 1. The van der Waals surface area contributed by atoms with E-state index in [4.69, 9.17) is 0 Å². The normalized spacial score (nSPS) is 17.3. The minimum Gasteiger partial charge on any atom is -0.337 e. The lowest BCUT2D eigenvalue weighted by atomic mass is 10.00. The minimum absolute atomic E-state index is 0.139. The van der Waals surface area contributed by atoms with Gasteiger partial charge in [0, 0.05) is 17.6 Å². The number of carbonyl (C=O) groups is 2. The lowest BCUT2D eigenvalue weighted by Crippen LogP contribution is -2.43. The van der Waals surface area contributed by atoms with Crippen molar-refractivity contribution in [3.63, 3.8) is 0 Å². The van der Waals surface area contributed by atoms with E-state index in [2.05, 4.69) is 28.2 Å². The molecule has 0 spiro atoms. The van der Waals surface area contributed by atoms with E-state index in [0.717, 1.165) is 12.8 Å². The van der Waals surface area contributed by atoms with Gasteiger partial charge in [-0.1, -0.05) is 31.2 Å². The number of hydrogen-bond acceptors (Lipinski definition) is 2. The molecule has 0 aliphatic carbocycles. The number of piperidine rings is 1. The Labute approximate surface area is 172 Å². The molecule has 28 heavy (non-hydrogen) atoms. The molecular formula is C22H22BrFN2O2. The quantitative estimate of drug-likeness (QED) is 0.699. The van der Waals surface area contributed by atoms with Crippen LogP contribution >= 0.6 is 15.9 Å². The number of rotatable bonds is 4. The largest absolute Gasteiger partial charge is 0.337 e. The fourth-order valence-electron chi connectivity index (χ4n) is 3.29. The number of amides is 2. The molecule has 2 amide bonds. The van der Waals surface area contributed by atoms with Gasteiger partial charge >= 0.3 is 0 Å². The Kier molecular flexibility index (Phi) is 6.62. The molecule has 0 aromatic heterocycles. The van der Waals surface area contributed by atoms with E-state index in [1.807, 2.05) is 6.07 Å². The second-order valence-corrected chi connectivity index (χ2v) is 7.90. The summed E-state index contributed by atoms with van der Waals surface area (Å²) in [7, 11) is 0. The maximum Gasteiger partial charge on any atom is 0.270 e. The molecule has 0 saturated carbocycles. The SMILES string of the molecule is C[C@@H]1CCCN(C(=O)/C(=C/c2cccc(F)c2)NC(=O)c2ccccc2Br)C1. The molecule has 0 unspecified atom stereocenters. The van der Waals surface area contributed by atoms with Crippen molar-refractivity contribution in [2.24, 2.45) is 5.92 Å². The molecule has 3 rings (SSSR count). The van der Waals surface area contributed by atoms with Crippen LogP contribution in [0, 0.1) is 11.7 Å². The Bertz CT molecular complexity index is 913. The van der Waals surface area contributed by atoms with Crippen molar-refractivity contribution in [2.75, 3.05) is 13.1 Å². The number of halogens is 2. The standard InChI is InChI=1S/C22H22BrFN2O2/c1-15-6-5-11-26(14-15)22(28)20(13-16-7-4-8-17(24)12-16)25-21(27)18-9-2-3-10-19(18)23/h2-4,7-10,12-13,15H,5-6,11,14H2,1H3,(H,25,27)/b20-13-/t15-/m1/s1.